The molecular formula is C15H21NO4. The molecular weight excluding hydrogens is 258 g/mol. The molecule has 0 saturated carbocycles. The summed E-state index contributed by atoms with van der Waals surface area (Å²) in [6, 6.07) is 3.48. The van der Waals surface area contributed by atoms with E-state index in [1.54, 1.807) is 6.07 Å². The molecule has 1 N–H and O–H groups in total. The van der Waals surface area contributed by atoms with E-state index < -0.39 is 0 Å². The van der Waals surface area contributed by atoms with E-state index in [1.807, 2.05) is 13.1 Å². The minimum absolute atomic E-state index is 0.226. The van der Waals surface area contributed by atoms with Crippen molar-refractivity contribution in [1.82, 2.24) is 4.90 Å². The van der Waals surface area contributed by atoms with Crippen LogP contribution in [0.2, 0.25) is 0 Å². The standard InChI is InChI=1S/C15H21NO4/c1-16(9-12-4-2-3-5-18-12)8-11-6-14-15(7-13(11)17)20-10-19-14/h6-7,12,17H,2-5,8-10H2,1H3. The summed E-state index contributed by atoms with van der Waals surface area (Å²) < 4.78 is 16.3. The largest absolute Gasteiger partial charge is 0.507 e. The van der Waals surface area contributed by atoms with Crippen molar-refractivity contribution in [3.63, 3.8) is 0 Å². The summed E-state index contributed by atoms with van der Waals surface area (Å²) in [5.74, 6) is 1.58. The molecule has 0 amide bonds. The number of rotatable bonds is 4. The van der Waals surface area contributed by atoms with Gasteiger partial charge in [-0.05, 0) is 32.4 Å². The van der Waals surface area contributed by atoms with Crippen molar-refractivity contribution in [3.05, 3.63) is 17.7 Å². The number of hydrogen-bond acceptors (Lipinski definition) is 5. The average Bonchev–Trinajstić information content (AvgIpc) is 2.87. The van der Waals surface area contributed by atoms with Crippen LogP contribution >= 0.6 is 0 Å². The summed E-state index contributed by atoms with van der Waals surface area (Å²) in [5, 5.41) is 10.0. The lowest BCUT2D eigenvalue weighted by Gasteiger charge is -2.27. The van der Waals surface area contributed by atoms with Gasteiger partial charge in [0.25, 0.3) is 0 Å². The topological polar surface area (TPSA) is 51.2 Å². The Bertz CT molecular complexity index is 471. The molecule has 1 unspecified atom stereocenters. The summed E-state index contributed by atoms with van der Waals surface area (Å²) in [5.41, 5.74) is 0.854. The summed E-state index contributed by atoms with van der Waals surface area (Å²) >= 11 is 0. The Kier molecular flexibility index (Phi) is 3.98. The van der Waals surface area contributed by atoms with Crippen LogP contribution < -0.4 is 9.47 Å². The van der Waals surface area contributed by atoms with E-state index in [1.165, 1.54) is 12.8 Å². The Morgan fingerprint density at radius 1 is 1.25 bits per heavy atom. The van der Waals surface area contributed by atoms with Gasteiger partial charge in [0.05, 0.1) is 6.10 Å². The third-order valence-electron chi connectivity index (χ3n) is 3.80. The van der Waals surface area contributed by atoms with Crippen LogP contribution in [0.4, 0.5) is 0 Å². The molecule has 2 heterocycles. The number of phenols is 1. The van der Waals surface area contributed by atoms with E-state index in [9.17, 15) is 5.11 Å². The number of likely N-dealkylation sites (N-methyl/N-ethyl adjacent to an activating group) is 1. The zero-order chi connectivity index (χ0) is 13.9. The molecule has 1 aromatic carbocycles. The summed E-state index contributed by atoms with van der Waals surface area (Å²) in [7, 11) is 2.04. The fraction of sp³-hybridized carbons (Fsp3) is 0.600. The van der Waals surface area contributed by atoms with E-state index in [0.717, 1.165) is 25.1 Å². The molecule has 110 valence electrons. The lowest BCUT2D eigenvalue weighted by atomic mass is 10.1. The van der Waals surface area contributed by atoms with Gasteiger partial charge in [-0.1, -0.05) is 0 Å². The van der Waals surface area contributed by atoms with Gasteiger partial charge in [-0.2, -0.15) is 0 Å². The van der Waals surface area contributed by atoms with E-state index in [4.69, 9.17) is 14.2 Å². The van der Waals surface area contributed by atoms with Crippen LogP contribution in [0.5, 0.6) is 17.2 Å². The molecule has 1 aromatic rings. The Balaban J connectivity index is 1.62. The van der Waals surface area contributed by atoms with Crippen molar-refractivity contribution >= 4 is 0 Å². The molecule has 20 heavy (non-hydrogen) atoms. The first-order valence-corrected chi connectivity index (χ1v) is 7.14. The first kappa shape index (κ1) is 13.5. The molecule has 1 saturated heterocycles. The lowest BCUT2D eigenvalue weighted by molar-refractivity contribution is -0.00268. The van der Waals surface area contributed by atoms with Crippen LogP contribution in [0.3, 0.4) is 0 Å². The smallest absolute Gasteiger partial charge is 0.231 e. The quantitative estimate of drug-likeness (QED) is 0.915. The summed E-state index contributed by atoms with van der Waals surface area (Å²) in [4.78, 5) is 2.17. The Labute approximate surface area is 119 Å². The monoisotopic (exact) mass is 279 g/mol. The highest BCUT2D eigenvalue weighted by molar-refractivity contribution is 5.51. The average molecular weight is 279 g/mol. The highest BCUT2D eigenvalue weighted by Gasteiger charge is 2.20. The molecule has 0 spiro atoms. The number of benzene rings is 1. The first-order valence-electron chi connectivity index (χ1n) is 7.14. The molecule has 2 aliphatic heterocycles. The molecule has 0 aromatic heterocycles. The number of nitrogens with zero attached hydrogens (tertiary/aromatic N) is 1. The predicted octanol–water partition coefficient (Wildman–Crippen LogP) is 2.12. The van der Waals surface area contributed by atoms with Crippen molar-refractivity contribution < 1.29 is 19.3 Å². The highest BCUT2D eigenvalue weighted by Crippen LogP contribution is 2.37. The van der Waals surface area contributed by atoms with Gasteiger partial charge in [-0.25, -0.2) is 0 Å². The van der Waals surface area contributed by atoms with Crippen LogP contribution in [-0.4, -0.2) is 43.1 Å². The molecule has 2 aliphatic rings. The van der Waals surface area contributed by atoms with Gasteiger partial charge < -0.3 is 19.3 Å². The Morgan fingerprint density at radius 2 is 2.05 bits per heavy atom. The zero-order valence-corrected chi connectivity index (χ0v) is 11.8. The second-order valence-corrected chi connectivity index (χ2v) is 5.52. The molecule has 0 bridgehead atoms. The summed E-state index contributed by atoms with van der Waals surface area (Å²) in [6.07, 6.45) is 3.85. The lowest BCUT2D eigenvalue weighted by Crippen LogP contribution is -2.33. The second kappa shape index (κ2) is 5.89. The number of fused-ring (bicyclic) bond motifs is 1. The maximum atomic E-state index is 10.0. The minimum Gasteiger partial charge on any atom is -0.507 e. The molecule has 0 radical (unpaired) electrons. The molecule has 5 heteroatoms. The van der Waals surface area contributed by atoms with Gasteiger partial charge in [-0.15, -0.1) is 0 Å². The van der Waals surface area contributed by atoms with Crippen LogP contribution in [-0.2, 0) is 11.3 Å². The maximum Gasteiger partial charge on any atom is 0.231 e. The Morgan fingerprint density at radius 3 is 2.80 bits per heavy atom. The van der Waals surface area contributed by atoms with Crippen molar-refractivity contribution in [2.75, 3.05) is 27.0 Å². The predicted molar refractivity (Wildman–Crippen MR) is 74.2 cm³/mol. The number of aromatic hydroxyl groups is 1. The van der Waals surface area contributed by atoms with Gasteiger partial charge in [0, 0.05) is 31.3 Å². The van der Waals surface area contributed by atoms with Crippen LogP contribution in [0, 0.1) is 0 Å². The third kappa shape index (κ3) is 2.99. The number of ether oxygens (including phenoxy) is 3. The first-order chi connectivity index (χ1) is 9.72. The van der Waals surface area contributed by atoms with Gasteiger partial charge in [0.15, 0.2) is 11.5 Å². The fourth-order valence-corrected chi connectivity index (χ4v) is 2.75. The van der Waals surface area contributed by atoms with Gasteiger partial charge >= 0.3 is 0 Å². The molecule has 5 nitrogen and oxygen atoms in total. The summed E-state index contributed by atoms with van der Waals surface area (Å²) in [6.45, 7) is 2.65. The SMILES string of the molecule is CN(Cc1cc2c(cc1O)OCO2)CC1CCCCO1. The van der Waals surface area contributed by atoms with E-state index in [0.29, 0.717) is 24.1 Å². The van der Waals surface area contributed by atoms with Crippen LogP contribution in [0.15, 0.2) is 12.1 Å². The molecule has 1 atom stereocenters. The molecule has 3 rings (SSSR count). The fourth-order valence-electron chi connectivity index (χ4n) is 2.75. The minimum atomic E-state index is 0.226. The van der Waals surface area contributed by atoms with Crippen LogP contribution in [0.1, 0.15) is 24.8 Å². The number of hydrogen-bond donors (Lipinski definition) is 1. The normalized spacial score (nSPS) is 21.4. The van der Waals surface area contributed by atoms with Crippen molar-refractivity contribution in [2.24, 2.45) is 0 Å². The van der Waals surface area contributed by atoms with Gasteiger partial charge in [-0.3, -0.25) is 4.90 Å². The van der Waals surface area contributed by atoms with Crippen molar-refractivity contribution in [1.29, 1.82) is 0 Å². The van der Waals surface area contributed by atoms with E-state index in [-0.39, 0.29) is 12.5 Å². The van der Waals surface area contributed by atoms with Crippen LogP contribution in [0.25, 0.3) is 0 Å². The highest BCUT2D eigenvalue weighted by atomic mass is 16.7. The second-order valence-electron chi connectivity index (χ2n) is 5.52. The third-order valence-corrected chi connectivity index (χ3v) is 3.80. The van der Waals surface area contributed by atoms with Crippen molar-refractivity contribution in [3.8, 4) is 17.2 Å². The van der Waals surface area contributed by atoms with Gasteiger partial charge in [0.1, 0.15) is 5.75 Å². The maximum absolute atomic E-state index is 10.0. The van der Waals surface area contributed by atoms with Gasteiger partial charge in [0.2, 0.25) is 6.79 Å². The zero-order valence-electron chi connectivity index (χ0n) is 11.8. The van der Waals surface area contributed by atoms with E-state index in [2.05, 4.69) is 4.90 Å². The molecule has 1 fully saturated rings. The van der Waals surface area contributed by atoms with E-state index >= 15 is 0 Å². The molecule has 0 aliphatic carbocycles. The Hall–Kier alpha value is -1.46. The number of phenolic OH excluding ortho intramolecular Hbond substituents is 1. The van der Waals surface area contributed by atoms with Crippen molar-refractivity contribution in [2.45, 2.75) is 31.9 Å².